The number of ether oxygens (including phenoxy) is 1. The highest BCUT2D eigenvalue weighted by Gasteiger charge is 2.41. The molecule has 1 aliphatic carbocycles. The fourth-order valence-corrected chi connectivity index (χ4v) is 4.85. The summed E-state index contributed by atoms with van der Waals surface area (Å²) in [5.74, 6) is -0.0543. The molecule has 0 radical (unpaired) electrons. The molecule has 1 unspecified atom stereocenters. The molecule has 1 atom stereocenters. The molecular weight excluding hydrogens is 360 g/mol. The lowest BCUT2D eigenvalue weighted by Crippen LogP contribution is -2.35. The van der Waals surface area contributed by atoms with Gasteiger partial charge in [0.25, 0.3) is 0 Å². The third kappa shape index (κ3) is 3.27. The van der Waals surface area contributed by atoms with Gasteiger partial charge in [0.05, 0.1) is 5.41 Å². The molecule has 2 aliphatic rings. The van der Waals surface area contributed by atoms with Gasteiger partial charge in [0.2, 0.25) is 0 Å². The molecule has 3 heteroatoms. The van der Waals surface area contributed by atoms with Gasteiger partial charge in [-0.15, -0.1) is 0 Å². The summed E-state index contributed by atoms with van der Waals surface area (Å²) in [6.45, 7) is 12.2. The van der Waals surface area contributed by atoms with Crippen molar-refractivity contribution in [1.82, 2.24) is 0 Å². The minimum atomic E-state index is -0.941. The van der Waals surface area contributed by atoms with Crippen LogP contribution in [-0.2, 0) is 21.0 Å². The van der Waals surface area contributed by atoms with Crippen molar-refractivity contribution >= 4 is 12.0 Å². The first-order valence-electron chi connectivity index (χ1n) is 10.4. The molecule has 1 N–H and O–H groups in total. The van der Waals surface area contributed by atoms with Crippen LogP contribution >= 0.6 is 0 Å². The first kappa shape index (κ1) is 19.8. The Hall–Kier alpha value is -2.55. The van der Waals surface area contributed by atoms with Crippen LogP contribution in [0.5, 0.6) is 5.75 Å². The number of carboxylic acids is 1. The van der Waals surface area contributed by atoms with E-state index in [1.807, 2.05) is 12.1 Å². The maximum absolute atomic E-state index is 10.9. The number of carboxylic acid groups (broad SMARTS) is 1. The summed E-state index contributed by atoms with van der Waals surface area (Å²) < 4.78 is 6.05. The summed E-state index contributed by atoms with van der Waals surface area (Å²) in [7, 11) is 0. The molecule has 0 spiro atoms. The maximum atomic E-state index is 10.9. The van der Waals surface area contributed by atoms with Gasteiger partial charge in [0.1, 0.15) is 12.4 Å². The molecule has 2 aromatic carbocycles. The number of rotatable bonds is 3. The lowest BCUT2D eigenvalue weighted by molar-refractivity contribution is -0.131. The predicted octanol–water partition coefficient (Wildman–Crippen LogP) is 5.83. The van der Waals surface area contributed by atoms with Gasteiger partial charge in [-0.2, -0.15) is 0 Å². The van der Waals surface area contributed by atoms with Gasteiger partial charge in [0, 0.05) is 11.6 Å². The Balaban J connectivity index is 1.81. The molecule has 1 aliphatic heterocycles. The zero-order valence-corrected chi connectivity index (χ0v) is 18.0. The van der Waals surface area contributed by atoms with Gasteiger partial charge in [-0.3, -0.25) is 0 Å². The molecule has 0 bridgehead atoms. The van der Waals surface area contributed by atoms with Crippen LogP contribution < -0.4 is 4.74 Å². The van der Waals surface area contributed by atoms with Crippen molar-refractivity contribution in [2.45, 2.75) is 63.7 Å². The van der Waals surface area contributed by atoms with Crippen LogP contribution in [0, 0.1) is 0 Å². The quantitative estimate of drug-likeness (QED) is 0.671. The fourth-order valence-electron chi connectivity index (χ4n) is 4.85. The predicted molar refractivity (Wildman–Crippen MR) is 117 cm³/mol. The molecule has 1 heterocycles. The number of carbonyl (C=O) groups is 1. The summed E-state index contributed by atoms with van der Waals surface area (Å²) in [6, 6.07) is 12.9. The first-order valence-corrected chi connectivity index (χ1v) is 10.4. The van der Waals surface area contributed by atoms with Crippen molar-refractivity contribution in [3.63, 3.8) is 0 Å². The van der Waals surface area contributed by atoms with Crippen molar-refractivity contribution in [1.29, 1.82) is 0 Å². The summed E-state index contributed by atoms with van der Waals surface area (Å²) in [5.41, 5.74) is 6.27. The minimum Gasteiger partial charge on any atom is -0.492 e. The summed E-state index contributed by atoms with van der Waals surface area (Å²) in [6.07, 6.45) is 5.21. The van der Waals surface area contributed by atoms with Crippen molar-refractivity contribution < 1.29 is 14.6 Å². The van der Waals surface area contributed by atoms with Crippen molar-refractivity contribution in [3.8, 4) is 5.75 Å². The highest BCUT2D eigenvalue weighted by Crippen LogP contribution is 2.49. The smallest absolute Gasteiger partial charge is 0.328 e. The standard InChI is InChI=1S/C26H30O3/c1-24(2)12-13-25(3,4)20-15-18(8-9-19(20)24)26(5)16-29-22-10-6-17(14-21(22)26)7-11-23(27)28/h6-11,14-15H,12-13,16H2,1-5H3,(H,27,28)/b11-7+. The van der Waals surface area contributed by atoms with Crippen molar-refractivity contribution in [2.24, 2.45) is 0 Å². The Morgan fingerprint density at radius 3 is 2.31 bits per heavy atom. The molecular formula is C26H30O3. The average Bonchev–Trinajstić information content (AvgIpc) is 3.01. The molecule has 0 saturated carbocycles. The van der Waals surface area contributed by atoms with E-state index in [2.05, 4.69) is 58.9 Å². The lowest BCUT2D eigenvalue weighted by atomic mass is 9.62. The Kier molecular flexibility index (Phi) is 4.41. The van der Waals surface area contributed by atoms with Crippen LogP contribution in [-0.4, -0.2) is 17.7 Å². The SMILES string of the molecule is CC1(C)CCC(C)(C)c2cc(C3(C)COc4ccc(/C=C/C(=O)O)cc43)ccc21. The number of hydrogen-bond acceptors (Lipinski definition) is 2. The van der Waals surface area contributed by atoms with E-state index in [-0.39, 0.29) is 16.2 Å². The number of fused-ring (bicyclic) bond motifs is 2. The zero-order chi connectivity index (χ0) is 21.0. The molecule has 152 valence electrons. The second-order valence-electron chi connectivity index (χ2n) is 10.1. The van der Waals surface area contributed by atoms with Gasteiger partial charge in [-0.25, -0.2) is 4.79 Å². The first-order chi connectivity index (χ1) is 13.5. The highest BCUT2D eigenvalue weighted by molar-refractivity contribution is 5.85. The van der Waals surface area contributed by atoms with Crippen LogP contribution in [0.1, 0.15) is 75.3 Å². The van der Waals surface area contributed by atoms with E-state index in [0.717, 1.165) is 16.9 Å². The second kappa shape index (κ2) is 6.48. The van der Waals surface area contributed by atoms with Gasteiger partial charge in [-0.1, -0.05) is 52.0 Å². The third-order valence-corrected chi connectivity index (χ3v) is 7.02. The molecule has 2 aromatic rings. The van der Waals surface area contributed by atoms with E-state index >= 15 is 0 Å². The van der Waals surface area contributed by atoms with E-state index in [0.29, 0.717) is 6.61 Å². The lowest BCUT2D eigenvalue weighted by Gasteiger charge is -2.42. The van der Waals surface area contributed by atoms with Crippen molar-refractivity contribution in [3.05, 3.63) is 70.3 Å². The molecule has 0 fully saturated rings. The van der Waals surface area contributed by atoms with Crippen LogP contribution in [0.4, 0.5) is 0 Å². The van der Waals surface area contributed by atoms with Crippen LogP contribution in [0.2, 0.25) is 0 Å². The monoisotopic (exact) mass is 390 g/mol. The Morgan fingerprint density at radius 1 is 0.931 bits per heavy atom. The van der Waals surface area contributed by atoms with Gasteiger partial charge >= 0.3 is 5.97 Å². The van der Waals surface area contributed by atoms with Crippen LogP contribution in [0.25, 0.3) is 6.08 Å². The third-order valence-electron chi connectivity index (χ3n) is 7.02. The molecule has 29 heavy (non-hydrogen) atoms. The van der Waals surface area contributed by atoms with E-state index in [1.54, 1.807) is 6.08 Å². The molecule has 4 rings (SSSR count). The Labute approximate surface area is 173 Å². The summed E-state index contributed by atoms with van der Waals surface area (Å²) in [5, 5.41) is 8.94. The topological polar surface area (TPSA) is 46.5 Å². The van der Waals surface area contributed by atoms with E-state index in [4.69, 9.17) is 9.84 Å². The average molecular weight is 391 g/mol. The van der Waals surface area contributed by atoms with Gasteiger partial charge in [-0.05, 0) is 71.1 Å². The maximum Gasteiger partial charge on any atom is 0.328 e. The Morgan fingerprint density at radius 2 is 1.62 bits per heavy atom. The molecule has 0 saturated heterocycles. The second-order valence-corrected chi connectivity index (χ2v) is 10.1. The highest BCUT2D eigenvalue weighted by atomic mass is 16.5. The van der Waals surface area contributed by atoms with Gasteiger partial charge < -0.3 is 9.84 Å². The van der Waals surface area contributed by atoms with Crippen molar-refractivity contribution in [2.75, 3.05) is 6.61 Å². The zero-order valence-electron chi connectivity index (χ0n) is 18.0. The summed E-state index contributed by atoms with van der Waals surface area (Å²) in [4.78, 5) is 10.9. The van der Waals surface area contributed by atoms with E-state index in [9.17, 15) is 4.79 Å². The molecule has 0 aromatic heterocycles. The number of benzene rings is 2. The summed E-state index contributed by atoms with van der Waals surface area (Å²) >= 11 is 0. The van der Waals surface area contributed by atoms with E-state index in [1.165, 1.54) is 35.6 Å². The largest absolute Gasteiger partial charge is 0.492 e. The normalized spacial score (nSPS) is 24.0. The van der Waals surface area contributed by atoms with Crippen LogP contribution in [0.15, 0.2) is 42.5 Å². The van der Waals surface area contributed by atoms with Gasteiger partial charge in [0.15, 0.2) is 0 Å². The molecule has 3 nitrogen and oxygen atoms in total. The van der Waals surface area contributed by atoms with E-state index < -0.39 is 5.97 Å². The Bertz CT molecular complexity index is 1010. The molecule has 0 amide bonds. The number of hydrogen-bond donors (Lipinski definition) is 1. The van der Waals surface area contributed by atoms with Crippen LogP contribution in [0.3, 0.4) is 0 Å². The fraction of sp³-hybridized carbons (Fsp3) is 0.423. The number of aliphatic carboxylic acids is 1. The minimum absolute atomic E-state index is 0.158.